The van der Waals surface area contributed by atoms with Gasteiger partial charge in [-0.05, 0) is 42.2 Å². The number of carbonyl (C=O) groups is 1. The second-order valence-corrected chi connectivity index (χ2v) is 7.60. The quantitative estimate of drug-likeness (QED) is 0.638. The summed E-state index contributed by atoms with van der Waals surface area (Å²) in [5.41, 5.74) is 2.02. The Labute approximate surface area is 156 Å². The van der Waals surface area contributed by atoms with Gasteiger partial charge in [0.2, 0.25) is 0 Å². The fourth-order valence-corrected chi connectivity index (χ4v) is 4.15. The van der Waals surface area contributed by atoms with E-state index in [0.717, 1.165) is 35.2 Å². The number of hydrogen-bond donors (Lipinski definition) is 1. The lowest BCUT2D eigenvalue weighted by molar-refractivity contribution is 0.103. The third-order valence-corrected chi connectivity index (χ3v) is 5.98. The van der Waals surface area contributed by atoms with Crippen molar-refractivity contribution < 1.29 is 4.79 Å². The minimum absolute atomic E-state index is 0.111. The molecule has 0 spiro atoms. The summed E-state index contributed by atoms with van der Waals surface area (Å²) in [5, 5.41) is 5.88. The van der Waals surface area contributed by atoms with Crippen LogP contribution in [0.25, 0.3) is 9.88 Å². The van der Waals surface area contributed by atoms with Crippen molar-refractivity contribution in [2.45, 2.75) is 20.4 Å². The molecule has 0 fully saturated rings. The van der Waals surface area contributed by atoms with E-state index in [2.05, 4.69) is 35.1 Å². The molecule has 0 saturated carbocycles. The highest BCUT2D eigenvalue weighted by Crippen LogP contribution is 2.29. The Morgan fingerprint density at radius 2 is 2.04 bits per heavy atom. The second-order valence-electron chi connectivity index (χ2n) is 5.62. The van der Waals surface area contributed by atoms with Gasteiger partial charge in [0.15, 0.2) is 0 Å². The zero-order chi connectivity index (χ0) is 17.6. The molecule has 1 N–H and O–H groups in total. The lowest BCUT2D eigenvalue weighted by Crippen LogP contribution is -2.22. The lowest BCUT2D eigenvalue weighted by Gasteiger charge is -2.18. The Hall–Kier alpha value is -2.02. The van der Waals surface area contributed by atoms with Gasteiger partial charge < -0.3 is 5.32 Å². The SMILES string of the molecule is CCN(CC)Cc1cccc(NC(=O)c2cnc(-c3cccs3)s2)c1. The number of hydrogen-bond acceptors (Lipinski definition) is 5. The van der Waals surface area contributed by atoms with Crippen LogP contribution in [0.3, 0.4) is 0 Å². The van der Waals surface area contributed by atoms with E-state index in [0.29, 0.717) is 4.88 Å². The van der Waals surface area contributed by atoms with Gasteiger partial charge in [-0.2, -0.15) is 0 Å². The van der Waals surface area contributed by atoms with Crippen molar-refractivity contribution >= 4 is 34.3 Å². The van der Waals surface area contributed by atoms with Crippen molar-refractivity contribution in [3.8, 4) is 9.88 Å². The van der Waals surface area contributed by atoms with E-state index in [4.69, 9.17) is 0 Å². The predicted molar refractivity (Wildman–Crippen MR) is 106 cm³/mol. The first-order valence-corrected chi connectivity index (χ1v) is 10.0. The van der Waals surface area contributed by atoms with E-state index < -0.39 is 0 Å². The number of thiazole rings is 1. The minimum atomic E-state index is -0.111. The number of benzene rings is 1. The van der Waals surface area contributed by atoms with Crippen molar-refractivity contribution in [1.29, 1.82) is 0 Å². The van der Waals surface area contributed by atoms with Gasteiger partial charge in [0.25, 0.3) is 5.91 Å². The van der Waals surface area contributed by atoms with Crippen LogP contribution in [-0.2, 0) is 6.54 Å². The molecule has 2 aromatic heterocycles. The van der Waals surface area contributed by atoms with Crippen LogP contribution in [0.15, 0.2) is 48.0 Å². The number of nitrogens with zero attached hydrogens (tertiary/aromatic N) is 2. The Morgan fingerprint density at radius 3 is 2.76 bits per heavy atom. The summed E-state index contributed by atoms with van der Waals surface area (Å²) in [6.45, 7) is 7.23. The van der Waals surface area contributed by atoms with Gasteiger partial charge in [-0.1, -0.05) is 32.0 Å². The molecule has 0 aliphatic carbocycles. The topological polar surface area (TPSA) is 45.2 Å². The Balaban J connectivity index is 1.69. The zero-order valence-corrected chi connectivity index (χ0v) is 16.0. The van der Waals surface area contributed by atoms with Crippen LogP contribution >= 0.6 is 22.7 Å². The van der Waals surface area contributed by atoms with Crippen LogP contribution in [0.1, 0.15) is 29.1 Å². The number of thiophene rings is 1. The molecule has 1 amide bonds. The molecule has 0 unspecified atom stereocenters. The minimum Gasteiger partial charge on any atom is -0.321 e. The van der Waals surface area contributed by atoms with Crippen LogP contribution in [0.4, 0.5) is 5.69 Å². The molecule has 3 rings (SSSR count). The normalized spacial score (nSPS) is 11.0. The fourth-order valence-electron chi connectivity index (χ4n) is 2.54. The molecular formula is C19H21N3OS2. The first-order chi connectivity index (χ1) is 12.2. The molecule has 4 nitrogen and oxygen atoms in total. The summed E-state index contributed by atoms with van der Waals surface area (Å²) in [7, 11) is 0. The maximum Gasteiger partial charge on any atom is 0.267 e. The molecular weight excluding hydrogens is 350 g/mol. The summed E-state index contributed by atoms with van der Waals surface area (Å²) < 4.78 is 0. The van der Waals surface area contributed by atoms with Crippen LogP contribution in [-0.4, -0.2) is 28.9 Å². The zero-order valence-electron chi connectivity index (χ0n) is 14.4. The number of amides is 1. The first-order valence-electron chi connectivity index (χ1n) is 8.32. The molecule has 3 aromatic rings. The summed E-state index contributed by atoms with van der Waals surface area (Å²) in [6, 6.07) is 12.0. The molecule has 2 heterocycles. The van der Waals surface area contributed by atoms with Gasteiger partial charge in [-0.15, -0.1) is 22.7 Å². The molecule has 1 aromatic carbocycles. The maximum absolute atomic E-state index is 12.5. The maximum atomic E-state index is 12.5. The van der Waals surface area contributed by atoms with Crippen LogP contribution in [0, 0.1) is 0 Å². The van der Waals surface area contributed by atoms with Crippen molar-refractivity contribution in [2.24, 2.45) is 0 Å². The van der Waals surface area contributed by atoms with Gasteiger partial charge >= 0.3 is 0 Å². The molecule has 0 radical (unpaired) electrons. The van der Waals surface area contributed by atoms with Crippen molar-refractivity contribution in [1.82, 2.24) is 9.88 Å². The summed E-state index contributed by atoms with van der Waals surface area (Å²) in [5.74, 6) is -0.111. The van der Waals surface area contributed by atoms with Gasteiger partial charge in [0, 0.05) is 12.2 Å². The lowest BCUT2D eigenvalue weighted by atomic mass is 10.2. The van der Waals surface area contributed by atoms with E-state index in [9.17, 15) is 4.79 Å². The average Bonchev–Trinajstić information content (AvgIpc) is 3.31. The second kappa shape index (κ2) is 8.38. The van der Waals surface area contributed by atoms with Crippen molar-refractivity contribution in [2.75, 3.05) is 18.4 Å². The van der Waals surface area contributed by atoms with E-state index in [-0.39, 0.29) is 5.91 Å². The summed E-state index contributed by atoms with van der Waals surface area (Å²) in [6.07, 6.45) is 1.65. The Morgan fingerprint density at radius 1 is 1.20 bits per heavy atom. The number of rotatable bonds is 7. The summed E-state index contributed by atoms with van der Waals surface area (Å²) >= 11 is 3.05. The molecule has 130 valence electrons. The van der Waals surface area contributed by atoms with E-state index >= 15 is 0 Å². The van der Waals surface area contributed by atoms with Gasteiger partial charge in [0.05, 0.1) is 11.1 Å². The highest BCUT2D eigenvalue weighted by molar-refractivity contribution is 7.22. The average molecular weight is 372 g/mol. The Bertz CT molecular complexity index is 823. The Kier molecular flexibility index (Phi) is 5.96. The van der Waals surface area contributed by atoms with Gasteiger partial charge in [-0.3, -0.25) is 9.69 Å². The first kappa shape index (κ1) is 17.8. The predicted octanol–water partition coefficient (Wildman–Crippen LogP) is 4.97. The number of aromatic nitrogens is 1. The van der Waals surface area contributed by atoms with Gasteiger partial charge in [-0.25, -0.2) is 4.98 Å². The van der Waals surface area contributed by atoms with Crippen LogP contribution in [0.2, 0.25) is 0 Å². The molecule has 25 heavy (non-hydrogen) atoms. The monoisotopic (exact) mass is 371 g/mol. The third-order valence-electron chi connectivity index (χ3n) is 3.95. The molecule has 0 aliphatic heterocycles. The molecule has 0 atom stereocenters. The van der Waals surface area contributed by atoms with Gasteiger partial charge in [0.1, 0.15) is 9.88 Å². The van der Waals surface area contributed by atoms with Crippen molar-refractivity contribution in [3.63, 3.8) is 0 Å². The largest absolute Gasteiger partial charge is 0.321 e. The number of nitrogens with one attached hydrogen (secondary N) is 1. The molecule has 0 aliphatic rings. The highest BCUT2D eigenvalue weighted by Gasteiger charge is 2.13. The van der Waals surface area contributed by atoms with Crippen LogP contribution in [0.5, 0.6) is 0 Å². The van der Waals surface area contributed by atoms with E-state index in [1.54, 1.807) is 17.5 Å². The number of carbonyl (C=O) groups excluding carboxylic acids is 1. The fraction of sp³-hybridized carbons (Fsp3) is 0.263. The molecule has 0 bridgehead atoms. The molecule has 6 heteroatoms. The molecule has 0 saturated heterocycles. The van der Waals surface area contributed by atoms with Crippen LogP contribution < -0.4 is 5.32 Å². The van der Waals surface area contributed by atoms with E-state index in [1.165, 1.54) is 16.9 Å². The van der Waals surface area contributed by atoms with Crippen molar-refractivity contribution in [3.05, 3.63) is 58.4 Å². The number of anilines is 1. The highest BCUT2D eigenvalue weighted by atomic mass is 32.1. The standard InChI is InChI=1S/C19H21N3OS2/c1-3-22(4-2)13-14-7-5-8-15(11-14)21-18(23)17-12-20-19(25-17)16-9-6-10-24-16/h5-12H,3-4,13H2,1-2H3,(H,21,23). The smallest absolute Gasteiger partial charge is 0.267 e. The van der Waals surface area contributed by atoms with E-state index in [1.807, 2.05) is 35.7 Å². The summed E-state index contributed by atoms with van der Waals surface area (Å²) in [4.78, 5) is 20.9. The third kappa shape index (κ3) is 4.54.